The molecule has 1 heterocycles. The predicted molar refractivity (Wildman–Crippen MR) is 73.3 cm³/mol. The van der Waals surface area contributed by atoms with Crippen molar-refractivity contribution < 1.29 is 13.9 Å². The summed E-state index contributed by atoms with van der Waals surface area (Å²) in [5, 5.41) is 11.1. The van der Waals surface area contributed by atoms with Crippen LogP contribution < -0.4 is 0 Å². The van der Waals surface area contributed by atoms with E-state index in [4.69, 9.17) is 4.74 Å². The Kier molecular flexibility index (Phi) is 5.14. The molecule has 0 atom stereocenters. The third kappa shape index (κ3) is 4.20. The molecule has 110 valence electrons. The van der Waals surface area contributed by atoms with Gasteiger partial charge in [0.05, 0.1) is 0 Å². The van der Waals surface area contributed by atoms with Crippen LogP contribution in [0.3, 0.4) is 0 Å². The number of rotatable bonds is 6. The van der Waals surface area contributed by atoms with Crippen molar-refractivity contribution in [2.45, 2.75) is 26.5 Å². The van der Waals surface area contributed by atoms with Gasteiger partial charge in [-0.05, 0) is 29.0 Å². The summed E-state index contributed by atoms with van der Waals surface area (Å²) in [6.45, 7) is 2.63. The van der Waals surface area contributed by atoms with Gasteiger partial charge >= 0.3 is 5.97 Å². The first-order chi connectivity index (χ1) is 10.2. The summed E-state index contributed by atoms with van der Waals surface area (Å²) < 4.78 is 20.0. The molecule has 21 heavy (non-hydrogen) atoms. The number of aromatic nitrogens is 4. The van der Waals surface area contributed by atoms with Crippen molar-refractivity contribution in [3.63, 3.8) is 0 Å². The van der Waals surface area contributed by atoms with Gasteiger partial charge in [-0.2, -0.15) is 0 Å². The SMILES string of the molecule is CCCn1nnnc1COC(=O)/C=C/c1ccccc1F. The Morgan fingerprint density at radius 1 is 1.43 bits per heavy atom. The molecule has 0 aliphatic heterocycles. The lowest BCUT2D eigenvalue weighted by Gasteiger charge is -2.02. The molecule has 0 fully saturated rings. The van der Waals surface area contributed by atoms with Gasteiger partial charge in [0.1, 0.15) is 5.82 Å². The Labute approximate surface area is 121 Å². The minimum Gasteiger partial charge on any atom is -0.454 e. The van der Waals surface area contributed by atoms with Gasteiger partial charge in [-0.3, -0.25) is 0 Å². The Morgan fingerprint density at radius 3 is 3.00 bits per heavy atom. The molecule has 0 spiro atoms. The quantitative estimate of drug-likeness (QED) is 0.601. The van der Waals surface area contributed by atoms with Crippen molar-refractivity contribution >= 4 is 12.0 Å². The van der Waals surface area contributed by atoms with Crippen LogP contribution in [0.25, 0.3) is 6.08 Å². The number of carbonyl (C=O) groups excluding carboxylic acids is 1. The third-order valence-corrected chi connectivity index (χ3v) is 2.69. The summed E-state index contributed by atoms with van der Waals surface area (Å²) >= 11 is 0. The van der Waals surface area contributed by atoms with Gasteiger partial charge in [0, 0.05) is 18.2 Å². The van der Waals surface area contributed by atoms with Gasteiger partial charge in [0.2, 0.25) is 0 Å². The molecule has 0 saturated heterocycles. The largest absolute Gasteiger partial charge is 0.454 e. The number of tetrazole rings is 1. The van der Waals surface area contributed by atoms with E-state index in [1.54, 1.807) is 22.9 Å². The lowest BCUT2D eigenvalue weighted by molar-refractivity contribution is -0.139. The number of nitrogens with zero attached hydrogens (tertiary/aromatic N) is 4. The van der Waals surface area contributed by atoms with Gasteiger partial charge < -0.3 is 4.74 Å². The smallest absolute Gasteiger partial charge is 0.331 e. The zero-order chi connectivity index (χ0) is 15.1. The lowest BCUT2D eigenvalue weighted by atomic mass is 10.2. The maximum absolute atomic E-state index is 13.4. The fraction of sp³-hybridized carbons (Fsp3) is 0.286. The number of benzene rings is 1. The summed E-state index contributed by atoms with van der Waals surface area (Å²) in [6, 6.07) is 6.16. The van der Waals surface area contributed by atoms with Crippen LogP contribution in [0.1, 0.15) is 24.7 Å². The molecule has 0 aliphatic carbocycles. The first-order valence-electron chi connectivity index (χ1n) is 6.55. The maximum atomic E-state index is 13.4. The zero-order valence-corrected chi connectivity index (χ0v) is 11.6. The van der Waals surface area contributed by atoms with Crippen molar-refractivity contribution in [2.75, 3.05) is 0 Å². The second-order valence-electron chi connectivity index (χ2n) is 4.28. The minimum atomic E-state index is -0.579. The van der Waals surface area contributed by atoms with Crippen LogP contribution >= 0.6 is 0 Å². The number of aryl methyl sites for hydroxylation is 1. The highest BCUT2D eigenvalue weighted by Gasteiger charge is 2.07. The zero-order valence-electron chi connectivity index (χ0n) is 11.6. The van der Waals surface area contributed by atoms with Gasteiger partial charge in [-0.15, -0.1) is 5.10 Å². The van der Waals surface area contributed by atoms with Crippen molar-refractivity contribution in [1.29, 1.82) is 0 Å². The summed E-state index contributed by atoms with van der Waals surface area (Å²) in [7, 11) is 0. The average Bonchev–Trinajstić information content (AvgIpc) is 2.92. The van der Waals surface area contributed by atoms with E-state index in [0.29, 0.717) is 17.9 Å². The molecular formula is C14H15FN4O2. The molecule has 7 heteroatoms. The molecule has 0 aliphatic rings. The maximum Gasteiger partial charge on any atom is 0.331 e. The molecule has 0 amide bonds. The van der Waals surface area contributed by atoms with Crippen LogP contribution in [0, 0.1) is 5.82 Å². The number of halogens is 1. The van der Waals surface area contributed by atoms with E-state index in [1.807, 2.05) is 6.92 Å². The van der Waals surface area contributed by atoms with Crippen molar-refractivity contribution in [3.8, 4) is 0 Å². The van der Waals surface area contributed by atoms with E-state index >= 15 is 0 Å². The van der Waals surface area contributed by atoms with Crippen LogP contribution in [0.2, 0.25) is 0 Å². The molecule has 2 aromatic rings. The van der Waals surface area contributed by atoms with Crippen LogP contribution in [0.15, 0.2) is 30.3 Å². The minimum absolute atomic E-state index is 0.0204. The van der Waals surface area contributed by atoms with Gasteiger partial charge in [0.25, 0.3) is 0 Å². The normalized spacial score (nSPS) is 11.0. The Morgan fingerprint density at radius 2 is 2.24 bits per heavy atom. The predicted octanol–water partition coefficient (Wildman–Crippen LogP) is 1.98. The Bertz CT molecular complexity index is 639. The summed E-state index contributed by atoms with van der Waals surface area (Å²) in [5.41, 5.74) is 0.324. The number of hydrogen-bond acceptors (Lipinski definition) is 5. The number of ether oxygens (including phenoxy) is 1. The van der Waals surface area contributed by atoms with Crippen LogP contribution in [0.5, 0.6) is 0 Å². The average molecular weight is 290 g/mol. The first kappa shape index (κ1) is 14.8. The van der Waals surface area contributed by atoms with Crippen molar-refractivity contribution in [1.82, 2.24) is 20.2 Å². The van der Waals surface area contributed by atoms with Gasteiger partial charge in [-0.1, -0.05) is 25.1 Å². The van der Waals surface area contributed by atoms with E-state index in [9.17, 15) is 9.18 Å². The highest BCUT2D eigenvalue weighted by molar-refractivity contribution is 5.87. The van der Waals surface area contributed by atoms with E-state index in [0.717, 1.165) is 6.42 Å². The van der Waals surface area contributed by atoms with Crippen LogP contribution in [0.4, 0.5) is 4.39 Å². The molecule has 2 rings (SSSR count). The highest BCUT2D eigenvalue weighted by atomic mass is 19.1. The van der Waals surface area contributed by atoms with Gasteiger partial charge in [-0.25, -0.2) is 13.9 Å². The van der Waals surface area contributed by atoms with E-state index in [1.165, 1.54) is 18.2 Å². The summed E-state index contributed by atoms with van der Waals surface area (Å²) in [5.74, 6) is -0.498. The second kappa shape index (κ2) is 7.28. The molecule has 1 aromatic heterocycles. The van der Waals surface area contributed by atoms with Crippen molar-refractivity contribution in [2.24, 2.45) is 0 Å². The standard InChI is InChI=1S/C14H15FN4O2/c1-2-9-19-13(16-17-18-19)10-21-14(20)8-7-11-5-3-4-6-12(11)15/h3-8H,2,9-10H2,1H3/b8-7+. The monoisotopic (exact) mass is 290 g/mol. The Balaban J connectivity index is 1.90. The molecule has 0 bridgehead atoms. The topological polar surface area (TPSA) is 69.9 Å². The number of esters is 1. The van der Waals surface area contributed by atoms with E-state index in [2.05, 4.69) is 15.5 Å². The van der Waals surface area contributed by atoms with E-state index < -0.39 is 11.8 Å². The molecule has 0 N–H and O–H groups in total. The Hall–Kier alpha value is -2.57. The molecule has 0 radical (unpaired) electrons. The van der Waals surface area contributed by atoms with Crippen molar-refractivity contribution in [3.05, 3.63) is 47.5 Å². The summed E-state index contributed by atoms with van der Waals surface area (Å²) in [6.07, 6.45) is 3.41. The highest BCUT2D eigenvalue weighted by Crippen LogP contribution is 2.08. The molecule has 6 nitrogen and oxygen atoms in total. The second-order valence-corrected chi connectivity index (χ2v) is 4.28. The number of carbonyl (C=O) groups is 1. The fourth-order valence-corrected chi connectivity index (χ4v) is 1.66. The lowest BCUT2D eigenvalue weighted by Crippen LogP contribution is -2.09. The van der Waals surface area contributed by atoms with Crippen LogP contribution in [-0.4, -0.2) is 26.2 Å². The first-order valence-corrected chi connectivity index (χ1v) is 6.55. The molecule has 1 aromatic carbocycles. The third-order valence-electron chi connectivity index (χ3n) is 2.69. The van der Waals surface area contributed by atoms with Crippen LogP contribution in [-0.2, 0) is 22.7 Å². The fourth-order valence-electron chi connectivity index (χ4n) is 1.66. The van der Waals surface area contributed by atoms with Gasteiger partial charge in [0.15, 0.2) is 12.4 Å². The summed E-state index contributed by atoms with van der Waals surface area (Å²) in [4.78, 5) is 11.6. The molecule has 0 unspecified atom stereocenters. The number of hydrogen-bond donors (Lipinski definition) is 0. The molecular weight excluding hydrogens is 275 g/mol. The molecule has 0 saturated carbocycles. The van der Waals surface area contributed by atoms with E-state index in [-0.39, 0.29) is 6.61 Å².